The minimum atomic E-state index is 0.694. The average molecular weight is 57.1 g/mol. The summed E-state index contributed by atoms with van der Waals surface area (Å²) in [6, 6.07) is 0. The lowest BCUT2D eigenvalue weighted by atomic mass is 10.8. The summed E-state index contributed by atoms with van der Waals surface area (Å²) in [5, 5.41) is 3.62. The summed E-state index contributed by atoms with van der Waals surface area (Å²) in [7, 11) is 1.74. The van der Waals surface area contributed by atoms with Crippen molar-refractivity contribution in [1.29, 1.82) is 0 Å². The van der Waals surface area contributed by atoms with Crippen molar-refractivity contribution in [3.8, 4) is 0 Å². The molecule has 4 heavy (non-hydrogen) atoms. The molecule has 0 unspecified atom stereocenters. The average Bonchev–Trinajstić information content (AvgIpc) is 1.37. The molecule has 0 N–H and O–H groups in total. The van der Waals surface area contributed by atoms with E-state index in [1.165, 1.54) is 0 Å². The molecule has 0 atom stereocenters. The van der Waals surface area contributed by atoms with Gasteiger partial charge in [0, 0.05) is 13.5 Å². The second kappa shape index (κ2) is 2.83. The van der Waals surface area contributed by atoms with Crippen molar-refractivity contribution in [3.63, 3.8) is 0 Å². The maximum absolute atomic E-state index is 3.62. The maximum Gasteiger partial charge on any atom is 0.0407 e. The molecule has 0 bridgehead atoms. The quantitative estimate of drug-likeness (QED) is 0.396. The number of rotatable bonds is 1. The summed E-state index contributed by atoms with van der Waals surface area (Å²) in [6.45, 7) is 4.13. The molecule has 0 aliphatic carbocycles. The van der Waals surface area contributed by atoms with E-state index in [2.05, 4.69) is 12.2 Å². The molecule has 0 aromatic rings. The lowest BCUT2D eigenvalue weighted by Gasteiger charge is -1.91. The Balaban J connectivity index is 1.97. The van der Waals surface area contributed by atoms with E-state index < -0.39 is 0 Å². The van der Waals surface area contributed by atoms with Crippen LogP contribution >= 0.6 is 0 Å². The van der Waals surface area contributed by atoms with Gasteiger partial charge in [0.15, 0.2) is 0 Å². The van der Waals surface area contributed by atoms with Crippen LogP contribution in [0.2, 0.25) is 0 Å². The van der Waals surface area contributed by atoms with Gasteiger partial charge in [-0.15, -0.1) is 0 Å². The van der Waals surface area contributed by atoms with E-state index in [1.54, 1.807) is 7.05 Å². The first-order chi connectivity index (χ1) is 1.91. The predicted octanol–water partition coefficient (Wildman–Crippen LogP) is 0.824. The third kappa shape index (κ3) is 1.83. The first-order valence-corrected chi connectivity index (χ1v) is 1.26. The lowest BCUT2D eigenvalue weighted by molar-refractivity contribution is 1.40. The van der Waals surface area contributed by atoms with Gasteiger partial charge in [-0.3, -0.25) is 0 Å². The highest BCUT2D eigenvalue weighted by Crippen LogP contribution is 1.65. The third-order valence-corrected chi connectivity index (χ3v) is 0.224. The molecule has 0 saturated carbocycles. The topological polar surface area (TPSA) is 14.1 Å². The van der Waals surface area contributed by atoms with Crippen LogP contribution in [-0.2, 0) is 0 Å². The predicted molar refractivity (Wildman–Crippen MR) is 19.5 cm³/mol. The Hall–Kier alpha value is -0.170. The first-order valence-electron chi connectivity index (χ1n) is 1.26. The Morgan fingerprint density at radius 2 is 2.25 bits per heavy atom. The van der Waals surface area contributed by atoms with Crippen molar-refractivity contribution >= 4 is 0 Å². The minimum Gasteiger partial charge on any atom is -0.625 e. The van der Waals surface area contributed by atoms with Gasteiger partial charge in [-0.1, -0.05) is 0 Å². The molecule has 1 nitrogen and oxygen atoms in total. The van der Waals surface area contributed by atoms with Crippen molar-refractivity contribution in [2.45, 2.75) is 0 Å². The summed E-state index contributed by atoms with van der Waals surface area (Å²) in [5.41, 5.74) is 0. The van der Waals surface area contributed by atoms with Gasteiger partial charge in [-0.2, -0.15) is 7.05 Å². The summed E-state index contributed by atoms with van der Waals surface area (Å²) in [4.78, 5) is 0. The Morgan fingerprint density at radius 1 is 2.00 bits per heavy atom. The fourth-order valence-electron chi connectivity index (χ4n) is 0. The van der Waals surface area contributed by atoms with Gasteiger partial charge in [0.25, 0.3) is 0 Å². The SMILES string of the molecule is [CH2+]C[N-]C. The molecule has 1 heteroatoms. The van der Waals surface area contributed by atoms with Gasteiger partial charge >= 0.3 is 0 Å². The van der Waals surface area contributed by atoms with Crippen molar-refractivity contribution in [3.05, 3.63) is 12.2 Å². The summed E-state index contributed by atoms with van der Waals surface area (Å²) < 4.78 is 0. The van der Waals surface area contributed by atoms with E-state index in [0.29, 0.717) is 6.54 Å². The number of hydrogen-bond donors (Lipinski definition) is 0. The van der Waals surface area contributed by atoms with E-state index in [-0.39, 0.29) is 0 Å². The monoisotopic (exact) mass is 57.1 g/mol. The molecule has 0 spiro atoms. The fourth-order valence-corrected chi connectivity index (χ4v) is 0. The summed E-state index contributed by atoms with van der Waals surface area (Å²) >= 11 is 0. The molecular formula is C3H7N. The molecule has 0 aliphatic rings. The number of nitrogens with zero attached hydrogens (tertiary/aromatic N) is 1. The van der Waals surface area contributed by atoms with E-state index in [9.17, 15) is 0 Å². The lowest BCUT2D eigenvalue weighted by Crippen LogP contribution is -1.62. The summed E-state index contributed by atoms with van der Waals surface area (Å²) in [6.07, 6.45) is 0. The van der Waals surface area contributed by atoms with Gasteiger partial charge < -0.3 is 5.32 Å². The van der Waals surface area contributed by atoms with Crippen LogP contribution in [0.1, 0.15) is 0 Å². The van der Waals surface area contributed by atoms with E-state index in [0.717, 1.165) is 0 Å². The molecule has 0 rings (SSSR count). The van der Waals surface area contributed by atoms with Gasteiger partial charge in [0.1, 0.15) is 0 Å². The highest BCUT2D eigenvalue weighted by Gasteiger charge is 1.43. The fraction of sp³-hybridized carbons (Fsp3) is 0.667. The van der Waals surface area contributed by atoms with Crippen molar-refractivity contribution in [1.82, 2.24) is 0 Å². The highest BCUT2D eigenvalue weighted by molar-refractivity contribution is 4.69. The Kier molecular flexibility index (Phi) is 2.71. The van der Waals surface area contributed by atoms with Crippen molar-refractivity contribution < 1.29 is 0 Å². The largest absolute Gasteiger partial charge is 0.625 e. The van der Waals surface area contributed by atoms with Crippen LogP contribution in [0.15, 0.2) is 0 Å². The van der Waals surface area contributed by atoms with E-state index in [1.807, 2.05) is 0 Å². The molecule has 0 aromatic heterocycles. The van der Waals surface area contributed by atoms with Crippen LogP contribution < -0.4 is 0 Å². The van der Waals surface area contributed by atoms with Gasteiger partial charge in [-0.05, 0) is 0 Å². The zero-order valence-electron chi connectivity index (χ0n) is 2.86. The second-order valence-corrected chi connectivity index (χ2v) is 0.540. The zero-order chi connectivity index (χ0) is 3.41. The van der Waals surface area contributed by atoms with Crippen LogP contribution in [0.25, 0.3) is 5.32 Å². The van der Waals surface area contributed by atoms with Gasteiger partial charge in [0.2, 0.25) is 0 Å². The van der Waals surface area contributed by atoms with Gasteiger partial charge in [-0.25, -0.2) is 0 Å². The normalized spacial score (nSPS) is 7.25. The molecule has 0 radical (unpaired) electrons. The standard InChI is InChI=1S/C3H7N/c1-3-4-2/h1,3H2,2H3. The van der Waals surface area contributed by atoms with Crippen LogP contribution in [0.4, 0.5) is 0 Å². The summed E-state index contributed by atoms with van der Waals surface area (Å²) in [5.74, 6) is 0. The Labute approximate surface area is 27.0 Å². The van der Waals surface area contributed by atoms with E-state index in [4.69, 9.17) is 0 Å². The highest BCUT2D eigenvalue weighted by atomic mass is 14.8. The zero-order valence-corrected chi connectivity index (χ0v) is 2.86. The van der Waals surface area contributed by atoms with Crippen LogP contribution in [-0.4, -0.2) is 13.6 Å². The van der Waals surface area contributed by atoms with Gasteiger partial charge in [0.05, 0.1) is 0 Å². The Morgan fingerprint density at radius 3 is 2.25 bits per heavy atom. The molecule has 0 aromatic carbocycles. The van der Waals surface area contributed by atoms with E-state index >= 15 is 0 Å². The van der Waals surface area contributed by atoms with Crippen LogP contribution in [0, 0.1) is 6.92 Å². The molecule has 0 saturated heterocycles. The molecule has 0 aliphatic heterocycles. The first kappa shape index (κ1) is 3.83. The minimum absolute atomic E-state index is 0.694. The molecule has 24 valence electrons. The van der Waals surface area contributed by atoms with Crippen LogP contribution in [0.5, 0.6) is 0 Å². The molecular weight excluding hydrogens is 50.0 g/mol. The van der Waals surface area contributed by atoms with Crippen molar-refractivity contribution in [2.24, 2.45) is 0 Å². The smallest absolute Gasteiger partial charge is 0.0407 e. The molecule has 0 fully saturated rings. The Bertz CT molecular complexity index is 5.25. The maximum atomic E-state index is 3.62. The second-order valence-electron chi connectivity index (χ2n) is 0.540. The molecule has 0 amide bonds. The third-order valence-electron chi connectivity index (χ3n) is 0.224. The molecule has 0 heterocycles. The van der Waals surface area contributed by atoms with Crippen molar-refractivity contribution in [2.75, 3.05) is 13.6 Å². The van der Waals surface area contributed by atoms with Crippen LogP contribution in [0.3, 0.4) is 0 Å². The number of hydrogen-bond acceptors (Lipinski definition) is 0.